The predicted molar refractivity (Wildman–Crippen MR) is 101 cm³/mol. The van der Waals surface area contributed by atoms with Crippen molar-refractivity contribution >= 4 is 23.0 Å². The van der Waals surface area contributed by atoms with Crippen LogP contribution in [0.3, 0.4) is 0 Å². The lowest BCUT2D eigenvalue weighted by atomic mass is 9.98. The molecular weight excluding hydrogens is 354 g/mol. The highest BCUT2D eigenvalue weighted by Gasteiger charge is 2.30. The maximum Gasteiger partial charge on any atom is 0.125 e. The summed E-state index contributed by atoms with van der Waals surface area (Å²) in [6, 6.07) is 20.0. The molecule has 0 saturated heterocycles. The van der Waals surface area contributed by atoms with Crippen molar-refractivity contribution in [1.29, 1.82) is 0 Å². The lowest BCUT2D eigenvalue weighted by molar-refractivity contribution is 0.621. The van der Waals surface area contributed by atoms with E-state index in [0.29, 0.717) is 17.1 Å². The van der Waals surface area contributed by atoms with Crippen LogP contribution in [0.2, 0.25) is 5.02 Å². The van der Waals surface area contributed by atoms with Gasteiger partial charge in [0.2, 0.25) is 0 Å². The highest BCUT2D eigenvalue weighted by Crippen LogP contribution is 2.37. The lowest BCUT2D eigenvalue weighted by Crippen LogP contribution is -2.18. The van der Waals surface area contributed by atoms with Crippen molar-refractivity contribution in [2.75, 3.05) is 5.01 Å². The van der Waals surface area contributed by atoms with Crippen LogP contribution in [0.1, 0.15) is 23.6 Å². The smallest absolute Gasteiger partial charge is 0.125 e. The molecule has 0 saturated carbocycles. The van der Waals surface area contributed by atoms with Gasteiger partial charge in [0.15, 0.2) is 0 Å². The molecular formula is C21H15ClF2N2. The van der Waals surface area contributed by atoms with Gasteiger partial charge in [-0.25, -0.2) is 8.78 Å². The molecule has 3 aromatic rings. The Morgan fingerprint density at radius 1 is 0.885 bits per heavy atom. The third kappa shape index (κ3) is 3.33. The van der Waals surface area contributed by atoms with Gasteiger partial charge in [0.05, 0.1) is 17.4 Å². The fourth-order valence-electron chi connectivity index (χ4n) is 3.13. The van der Waals surface area contributed by atoms with E-state index in [1.165, 1.54) is 24.3 Å². The quantitative estimate of drug-likeness (QED) is 0.555. The minimum absolute atomic E-state index is 0.136. The highest BCUT2D eigenvalue weighted by atomic mass is 35.5. The second-order valence-electron chi connectivity index (χ2n) is 6.15. The van der Waals surface area contributed by atoms with Crippen LogP contribution in [0, 0.1) is 11.6 Å². The molecule has 26 heavy (non-hydrogen) atoms. The molecule has 130 valence electrons. The SMILES string of the molecule is Fc1ccc([C@@H]2CC(c3ccc(Cl)cc3)=NN2c2cccc(F)c2)cc1. The highest BCUT2D eigenvalue weighted by molar-refractivity contribution is 6.30. The van der Waals surface area contributed by atoms with E-state index in [1.807, 2.05) is 30.3 Å². The molecule has 2 nitrogen and oxygen atoms in total. The summed E-state index contributed by atoms with van der Waals surface area (Å²) >= 11 is 5.97. The number of nitrogens with zero attached hydrogens (tertiary/aromatic N) is 2. The number of anilines is 1. The van der Waals surface area contributed by atoms with E-state index in [1.54, 1.807) is 23.2 Å². The Bertz CT molecular complexity index is 953. The third-order valence-corrected chi connectivity index (χ3v) is 4.67. The van der Waals surface area contributed by atoms with Crippen LogP contribution in [0.15, 0.2) is 77.9 Å². The largest absolute Gasteiger partial charge is 0.257 e. The zero-order valence-electron chi connectivity index (χ0n) is 13.7. The Labute approximate surface area is 155 Å². The van der Waals surface area contributed by atoms with Gasteiger partial charge in [-0.2, -0.15) is 5.10 Å². The number of hydrogen-bond acceptors (Lipinski definition) is 2. The van der Waals surface area contributed by atoms with Crippen LogP contribution in [0.5, 0.6) is 0 Å². The number of halogens is 3. The van der Waals surface area contributed by atoms with Gasteiger partial charge in [-0.3, -0.25) is 5.01 Å². The van der Waals surface area contributed by atoms with Gasteiger partial charge in [0, 0.05) is 11.4 Å². The summed E-state index contributed by atoms with van der Waals surface area (Å²) in [5.41, 5.74) is 3.41. The first-order valence-corrected chi connectivity index (χ1v) is 8.61. The molecule has 4 rings (SSSR count). The Kier molecular flexibility index (Phi) is 4.43. The maximum atomic E-state index is 13.7. The van der Waals surface area contributed by atoms with Gasteiger partial charge < -0.3 is 0 Å². The first-order chi connectivity index (χ1) is 12.6. The van der Waals surface area contributed by atoms with Crippen molar-refractivity contribution in [3.05, 3.63) is 101 Å². The average Bonchev–Trinajstić information content (AvgIpc) is 3.08. The van der Waals surface area contributed by atoms with E-state index >= 15 is 0 Å². The van der Waals surface area contributed by atoms with Gasteiger partial charge in [-0.05, 0) is 53.6 Å². The minimum atomic E-state index is -0.324. The Balaban J connectivity index is 1.75. The van der Waals surface area contributed by atoms with Gasteiger partial charge in [-0.1, -0.05) is 41.9 Å². The molecule has 1 aliphatic rings. The molecule has 1 heterocycles. The molecule has 1 atom stereocenters. The summed E-state index contributed by atoms with van der Waals surface area (Å²) in [5.74, 6) is -0.613. The van der Waals surface area contributed by atoms with Crippen molar-refractivity contribution in [3.8, 4) is 0 Å². The molecule has 0 N–H and O–H groups in total. The predicted octanol–water partition coefficient (Wildman–Crippen LogP) is 5.97. The topological polar surface area (TPSA) is 15.6 Å². The van der Waals surface area contributed by atoms with Crippen LogP contribution in [0.25, 0.3) is 0 Å². The van der Waals surface area contributed by atoms with Crippen molar-refractivity contribution in [1.82, 2.24) is 0 Å². The molecule has 1 aliphatic heterocycles. The van der Waals surface area contributed by atoms with Gasteiger partial charge in [-0.15, -0.1) is 0 Å². The number of benzene rings is 3. The molecule has 0 aliphatic carbocycles. The molecule has 0 bridgehead atoms. The van der Waals surface area contributed by atoms with Crippen LogP contribution in [-0.2, 0) is 0 Å². The van der Waals surface area contributed by atoms with Crippen molar-refractivity contribution in [2.24, 2.45) is 5.10 Å². The van der Waals surface area contributed by atoms with Gasteiger partial charge in [0.1, 0.15) is 11.6 Å². The van der Waals surface area contributed by atoms with Crippen LogP contribution in [-0.4, -0.2) is 5.71 Å². The summed E-state index contributed by atoms with van der Waals surface area (Å²) in [5, 5.41) is 7.17. The van der Waals surface area contributed by atoms with E-state index in [2.05, 4.69) is 0 Å². The van der Waals surface area contributed by atoms with Crippen LogP contribution >= 0.6 is 11.6 Å². The number of hydrazone groups is 1. The van der Waals surface area contributed by atoms with Crippen molar-refractivity contribution < 1.29 is 8.78 Å². The van der Waals surface area contributed by atoms with E-state index < -0.39 is 0 Å². The molecule has 0 fully saturated rings. The second kappa shape index (κ2) is 6.89. The fraction of sp³-hybridized carbons (Fsp3) is 0.0952. The van der Waals surface area contributed by atoms with Gasteiger partial charge in [0.25, 0.3) is 0 Å². The van der Waals surface area contributed by atoms with Crippen molar-refractivity contribution in [3.63, 3.8) is 0 Å². The first kappa shape index (κ1) is 16.7. The fourth-order valence-corrected chi connectivity index (χ4v) is 3.25. The normalized spacial score (nSPS) is 16.7. The van der Waals surface area contributed by atoms with Crippen molar-refractivity contribution in [2.45, 2.75) is 12.5 Å². The van der Waals surface area contributed by atoms with E-state index in [0.717, 1.165) is 16.8 Å². The molecule has 0 spiro atoms. The Hall–Kier alpha value is -2.72. The first-order valence-electron chi connectivity index (χ1n) is 8.24. The minimum Gasteiger partial charge on any atom is -0.257 e. The molecule has 0 amide bonds. The Morgan fingerprint density at radius 3 is 2.31 bits per heavy atom. The monoisotopic (exact) mass is 368 g/mol. The molecule has 3 aromatic carbocycles. The van der Waals surface area contributed by atoms with E-state index in [-0.39, 0.29) is 17.7 Å². The Morgan fingerprint density at radius 2 is 1.62 bits per heavy atom. The summed E-state index contributed by atoms with van der Waals surface area (Å²) in [6.45, 7) is 0. The van der Waals surface area contributed by atoms with Gasteiger partial charge >= 0.3 is 0 Å². The molecule has 5 heteroatoms. The van der Waals surface area contributed by atoms with E-state index in [9.17, 15) is 8.78 Å². The molecule has 0 unspecified atom stereocenters. The maximum absolute atomic E-state index is 13.7. The standard InChI is InChI=1S/C21H15ClF2N2/c22-16-8-4-14(5-9-16)20-13-21(15-6-10-17(23)11-7-15)26(25-20)19-3-1-2-18(24)12-19/h1-12,21H,13H2/t21-/m0/s1. The second-order valence-corrected chi connectivity index (χ2v) is 6.59. The molecule has 0 radical (unpaired) electrons. The summed E-state index contributed by atoms with van der Waals surface area (Å²) in [6.07, 6.45) is 0.629. The zero-order chi connectivity index (χ0) is 18.1. The van der Waals surface area contributed by atoms with Crippen LogP contribution < -0.4 is 5.01 Å². The van der Waals surface area contributed by atoms with E-state index in [4.69, 9.17) is 16.7 Å². The summed E-state index contributed by atoms with van der Waals surface area (Å²) in [4.78, 5) is 0. The zero-order valence-corrected chi connectivity index (χ0v) is 14.5. The molecule has 0 aromatic heterocycles. The third-order valence-electron chi connectivity index (χ3n) is 4.42. The average molecular weight is 369 g/mol. The number of hydrogen-bond donors (Lipinski definition) is 0. The summed E-state index contributed by atoms with van der Waals surface area (Å²) in [7, 11) is 0. The number of rotatable bonds is 3. The summed E-state index contributed by atoms with van der Waals surface area (Å²) < 4.78 is 27.0. The van der Waals surface area contributed by atoms with Crippen LogP contribution in [0.4, 0.5) is 14.5 Å². The lowest BCUT2D eigenvalue weighted by Gasteiger charge is -2.24.